The van der Waals surface area contributed by atoms with Crippen LogP contribution in [0.25, 0.3) is 6.08 Å². The molecule has 0 amide bonds. The fourth-order valence-corrected chi connectivity index (χ4v) is 18.0. The monoisotopic (exact) mass is 1130 g/mol. The first-order chi connectivity index (χ1) is 40.0. The molecule has 5 fully saturated rings. The van der Waals surface area contributed by atoms with E-state index in [1.165, 1.54) is 149 Å². The molecule has 10 rings (SSSR count). The summed E-state index contributed by atoms with van der Waals surface area (Å²) in [5.74, 6) is 2.49. The van der Waals surface area contributed by atoms with Crippen molar-refractivity contribution in [2.75, 3.05) is 4.90 Å². The van der Waals surface area contributed by atoms with Gasteiger partial charge in [-0.05, 0) is 197 Å². The van der Waals surface area contributed by atoms with Crippen molar-refractivity contribution in [3.05, 3.63) is 154 Å². The smallest absolute Gasteiger partial charge is 0.168 e. The number of unbranched alkanes of at least 4 members (excludes halogenated alkanes) is 9. The summed E-state index contributed by atoms with van der Waals surface area (Å²) in [4.78, 5) is 2.55. The standard InChI is InChI=1S/C76H99N5OS/c1-9-11-13-15-17-18-44-72(3,4)59-30-42-66-65-41-25-55(48-69(65)76(58-26-27-58,70(66)49-59)75(46-47-75)45-19-16-14-12-10-2)54-23-33-61(34-24-54)81(62-35-28-57(29-36-62)73(5,6)80)60-31-20-53(21-32-60)22-37-63-38-39-64(83-63)40-43-68-67(52-79)71(56(50-77)51-78)82-74(68,7)8/h20-23,25,28,30-33,35,37,40-43,48-49,58,63-70H,9-19,24,26-27,29,34,36,38-39,44-47,80H2,1-8H3. The van der Waals surface area contributed by atoms with E-state index in [1.54, 1.807) is 5.57 Å². The zero-order chi connectivity index (χ0) is 58.6. The number of nitriles is 3. The van der Waals surface area contributed by atoms with E-state index in [4.69, 9.17) is 10.5 Å². The van der Waals surface area contributed by atoms with Crippen LogP contribution in [0.15, 0.2) is 148 Å². The van der Waals surface area contributed by atoms with Crippen molar-refractivity contribution in [1.82, 2.24) is 0 Å². The van der Waals surface area contributed by atoms with Crippen molar-refractivity contribution in [3.8, 4) is 18.2 Å². The number of allylic oxidation sites excluding steroid dienone is 17. The number of hydrogen-bond donors (Lipinski definition) is 1. The number of nitrogens with zero attached hydrogens (tertiary/aromatic N) is 4. The minimum Gasteiger partial charge on any atom is -0.488 e. The van der Waals surface area contributed by atoms with Crippen molar-refractivity contribution >= 4 is 23.5 Å². The summed E-state index contributed by atoms with van der Waals surface area (Å²) >= 11 is 1.95. The molecule has 9 atom stereocenters. The Bertz CT molecular complexity index is 3000. The van der Waals surface area contributed by atoms with Gasteiger partial charge in [0.05, 0.1) is 6.07 Å². The van der Waals surface area contributed by atoms with E-state index in [1.807, 2.05) is 37.7 Å². The molecule has 0 spiro atoms. The molecule has 0 bridgehead atoms. The lowest BCUT2D eigenvalue weighted by atomic mass is 9.54. The Kier molecular flexibility index (Phi) is 18.9. The number of rotatable bonds is 25. The van der Waals surface area contributed by atoms with Crippen LogP contribution in [0.5, 0.6) is 0 Å². The van der Waals surface area contributed by atoms with Gasteiger partial charge >= 0.3 is 0 Å². The Balaban J connectivity index is 0.889. The fourth-order valence-electron chi connectivity index (χ4n) is 16.7. The van der Waals surface area contributed by atoms with E-state index in [-0.39, 0.29) is 28.2 Å². The summed E-state index contributed by atoms with van der Waals surface area (Å²) in [5.41, 5.74) is 17.5. The molecule has 7 aliphatic carbocycles. The average Bonchev–Trinajstić information content (AvgIpc) is 1.51. The molecule has 1 aromatic carbocycles. The highest BCUT2D eigenvalue weighted by Crippen LogP contribution is 2.80. The molecule has 9 unspecified atom stereocenters. The van der Waals surface area contributed by atoms with Gasteiger partial charge in [-0.25, -0.2) is 0 Å². The van der Waals surface area contributed by atoms with E-state index in [0.29, 0.717) is 45.0 Å². The Morgan fingerprint density at radius 3 is 1.95 bits per heavy atom. The summed E-state index contributed by atoms with van der Waals surface area (Å²) in [7, 11) is 0. The van der Waals surface area contributed by atoms with Crippen molar-refractivity contribution in [2.24, 2.45) is 63.4 Å². The zero-order valence-electron chi connectivity index (χ0n) is 52.0. The maximum absolute atomic E-state index is 10.1. The molecule has 83 heavy (non-hydrogen) atoms. The maximum atomic E-state index is 10.1. The largest absolute Gasteiger partial charge is 0.488 e. The van der Waals surface area contributed by atoms with Gasteiger partial charge in [-0.15, -0.1) is 11.8 Å². The molecule has 2 saturated heterocycles. The predicted octanol–water partition coefficient (Wildman–Crippen LogP) is 19.9. The molecule has 2 N–H and O–H groups in total. The van der Waals surface area contributed by atoms with Crippen LogP contribution in [-0.2, 0) is 4.74 Å². The number of benzene rings is 1. The summed E-state index contributed by atoms with van der Waals surface area (Å²) in [6.45, 7) is 17.9. The second kappa shape index (κ2) is 25.8. The van der Waals surface area contributed by atoms with Crippen LogP contribution in [-0.4, -0.2) is 21.6 Å². The summed E-state index contributed by atoms with van der Waals surface area (Å²) in [6, 6.07) is 15.4. The van der Waals surface area contributed by atoms with Gasteiger partial charge in [0.2, 0.25) is 0 Å². The minimum atomic E-state index is -0.693. The van der Waals surface area contributed by atoms with E-state index in [2.05, 4.69) is 162 Å². The Hall–Kier alpha value is -5.26. The first-order valence-corrected chi connectivity index (χ1v) is 33.9. The lowest BCUT2D eigenvalue weighted by Gasteiger charge is -2.49. The van der Waals surface area contributed by atoms with Crippen LogP contribution in [0.1, 0.15) is 209 Å². The molecule has 1 aromatic rings. The number of ether oxygens (including phenoxy) is 1. The molecule has 2 aliphatic heterocycles. The molecule has 9 aliphatic rings. The normalized spacial score (nSPS) is 29.6. The number of nitrogens with two attached hydrogens (primary N) is 1. The number of anilines is 1. The van der Waals surface area contributed by atoms with Gasteiger partial charge in [0, 0.05) is 39.0 Å². The molecule has 2 heterocycles. The van der Waals surface area contributed by atoms with Gasteiger partial charge in [0.25, 0.3) is 0 Å². The van der Waals surface area contributed by atoms with E-state index < -0.39 is 11.5 Å². The van der Waals surface area contributed by atoms with Gasteiger partial charge in [-0.1, -0.05) is 189 Å². The molecule has 0 radical (unpaired) electrons. The van der Waals surface area contributed by atoms with Gasteiger partial charge in [0.15, 0.2) is 5.57 Å². The van der Waals surface area contributed by atoms with E-state index in [9.17, 15) is 15.8 Å². The Morgan fingerprint density at radius 1 is 0.723 bits per heavy atom. The van der Waals surface area contributed by atoms with Crippen molar-refractivity contribution in [3.63, 3.8) is 0 Å². The van der Waals surface area contributed by atoms with Crippen LogP contribution in [0.4, 0.5) is 5.69 Å². The Morgan fingerprint density at radius 2 is 1.35 bits per heavy atom. The lowest BCUT2D eigenvalue weighted by Crippen LogP contribution is -2.44. The number of fused-ring (bicyclic) bond motifs is 3. The van der Waals surface area contributed by atoms with Crippen LogP contribution in [0, 0.1) is 91.7 Å². The lowest BCUT2D eigenvalue weighted by molar-refractivity contribution is 0.0210. The van der Waals surface area contributed by atoms with Crippen LogP contribution in [0.3, 0.4) is 0 Å². The van der Waals surface area contributed by atoms with E-state index >= 15 is 0 Å². The SMILES string of the molecule is CCCCCCCCC(C)(C)C1=CC2C(C=C1)C1C=CC(C3=CC=C(N(C4=CC=C(C(C)(C)N)CC4)c4ccc(C=CC5CCC(C=CC6C(C#N)C(=C(C#N)C#N)OC6(C)C)S5)cc4)CC3)=CC1C2(C1CC1)C1(CCCCCCC)CC1. The summed E-state index contributed by atoms with van der Waals surface area (Å²) < 4.78 is 6.07. The molecule has 6 nitrogen and oxygen atoms in total. The highest BCUT2D eigenvalue weighted by Gasteiger charge is 2.74. The van der Waals surface area contributed by atoms with Crippen LogP contribution < -0.4 is 10.6 Å². The molecule has 0 aromatic heterocycles. The van der Waals surface area contributed by atoms with Crippen LogP contribution in [0.2, 0.25) is 0 Å². The fraction of sp³-hybridized carbons (Fsp3) is 0.592. The highest BCUT2D eigenvalue weighted by molar-refractivity contribution is 8.01. The number of thioether (sulfide) groups is 1. The van der Waals surface area contributed by atoms with Crippen molar-refractivity contribution < 1.29 is 4.74 Å². The first-order valence-electron chi connectivity index (χ1n) is 33.0. The average molecular weight is 1130 g/mol. The maximum Gasteiger partial charge on any atom is 0.168 e. The minimum absolute atomic E-state index is 0.113. The van der Waals surface area contributed by atoms with Gasteiger partial charge in [0.1, 0.15) is 29.4 Å². The quantitative estimate of drug-likeness (QED) is 0.0590. The topological polar surface area (TPSA) is 110 Å². The number of hydrogen-bond acceptors (Lipinski definition) is 7. The summed E-state index contributed by atoms with van der Waals surface area (Å²) in [6.07, 6.45) is 64.5. The predicted molar refractivity (Wildman–Crippen MR) is 347 cm³/mol. The van der Waals surface area contributed by atoms with Gasteiger partial charge in [-0.3, -0.25) is 0 Å². The molecule has 7 heteroatoms. The first kappa shape index (κ1) is 60.8. The molecule has 3 saturated carbocycles. The van der Waals surface area contributed by atoms with Crippen molar-refractivity contribution in [1.29, 1.82) is 15.8 Å². The zero-order valence-corrected chi connectivity index (χ0v) is 52.9. The molecular weight excluding hydrogens is 1030 g/mol. The van der Waals surface area contributed by atoms with Crippen LogP contribution >= 0.6 is 11.8 Å². The highest BCUT2D eigenvalue weighted by atomic mass is 32.2. The van der Waals surface area contributed by atoms with E-state index in [0.717, 1.165) is 44.4 Å². The molecule has 440 valence electrons. The van der Waals surface area contributed by atoms with Gasteiger partial charge in [-0.2, -0.15) is 15.8 Å². The third-order valence-corrected chi connectivity index (χ3v) is 23.0. The second-order valence-electron chi connectivity index (χ2n) is 28.4. The third-order valence-electron chi connectivity index (χ3n) is 21.5. The second-order valence-corrected chi connectivity index (χ2v) is 29.9. The Labute approximate surface area is 506 Å². The third kappa shape index (κ3) is 12.8. The summed E-state index contributed by atoms with van der Waals surface area (Å²) in [5, 5.41) is 29.8. The molecular formula is C76H99N5OS. The van der Waals surface area contributed by atoms with Gasteiger partial charge < -0.3 is 15.4 Å². The van der Waals surface area contributed by atoms with Crippen molar-refractivity contribution in [2.45, 2.75) is 225 Å².